The fraction of sp³-hybridized carbons (Fsp3) is 0.333. The minimum absolute atomic E-state index is 0.205. The third-order valence-electron chi connectivity index (χ3n) is 4.63. The monoisotopic (exact) mass is 385 g/mol. The van der Waals surface area contributed by atoms with Gasteiger partial charge in [-0.25, -0.2) is 0 Å². The van der Waals surface area contributed by atoms with Gasteiger partial charge in [-0.1, -0.05) is 48.0 Å². The number of carbonyl (C=O) groups excluding carboxylic acids is 2. The first-order chi connectivity index (χ1) is 12.8. The quantitative estimate of drug-likeness (QED) is 0.849. The normalized spacial score (nSPS) is 16.6. The van der Waals surface area contributed by atoms with Crippen molar-refractivity contribution in [3.05, 3.63) is 70.2 Å². The van der Waals surface area contributed by atoms with Crippen LogP contribution >= 0.6 is 11.6 Å². The van der Waals surface area contributed by atoms with Crippen LogP contribution in [0.5, 0.6) is 0 Å². The third-order valence-corrected chi connectivity index (χ3v) is 4.96. The van der Waals surface area contributed by atoms with Crippen LogP contribution in [0.25, 0.3) is 0 Å². The van der Waals surface area contributed by atoms with Gasteiger partial charge in [0.15, 0.2) is 0 Å². The van der Waals surface area contributed by atoms with Gasteiger partial charge in [-0.2, -0.15) is 0 Å². The number of nitrogens with two attached hydrogens (primary N) is 1. The Balaban J connectivity index is 1.91. The number of hydrogen-bond acceptors (Lipinski definition) is 3. The van der Waals surface area contributed by atoms with Gasteiger partial charge in [-0.05, 0) is 37.1 Å². The Morgan fingerprint density at radius 3 is 2.44 bits per heavy atom. The van der Waals surface area contributed by atoms with Crippen molar-refractivity contribution in [2.45, 2.75) is 38.4 Å². The SMILES string of the molecule is CC(C)(N)CNC(=O)C1Cc2ccccc2CN1C(=O)c1ccccc1Cl. The minimum Gasteiger partial charge on any atom is -0.352 e. The smallest absolute Gasteiger partial charge is 0.256 e. The molecule has 0 radical (unpaired) electrons. The van der Waals surface area contributed by atoms with Crippen LogP contribution in [0.3, 0.4) is 0 Å². The molecule has 3 N–H and O–H groups in total. The van der Waals surface area contributed by atoms with Crippen molar-refractivity contribution in [2.24, 2.45) is 5.73 Å². The van der Waals surface area contributed by atoms with Crippen LogP contribution in [0.2, 0.25) is 5.02 Å². The van der Waals surface area contributed by atoms with E-state index in [9.17, 15) is 9.59 Å². The summed E-state index contributed by atoms with van der Waals surface area (Å²) in [6.45, 7) is 4.38. The molecule has 27 heavy (non-hydrogen) atoms. The van der Waals surface area contributed by atoms with E-state index >= 15 is 0 Å². The van der Waals surface area contributed by atoms with Crippen molar-refractivity contribution < 1.29 is 9.59 Å². The van der Waals surface area contributed by atoms with Crippen LogP contribution in [0.15, 0.2) is 48.5 Å². The van der Waals surface area contributed by atoms with E-state index in [1.807, 2.05) is 38.1 Å². The van der Waals surface area contributed by atoms with Crippen molar-refractivity contribution in [2.75, 3.05) is 6.54 Å². The van der Waals surface area contributed by atoms with Crippen LogP contribution in [-0.2, 0) is 17.8 Å². The first kappa shape index (κ1) is 19.4. The lowest BCUT2D eigenvalue weighted by atomic mass is 9.92. The summed E-state index contributed by atoms with van der Waals surface area (Å²) in [6, 6.07) is 14.2. The Kier molecular flexibility index (Phi) is 5.53. The third kappa shape index (κ3) is 4.49. The van der Waals surface area contributed by atoms with E-state index in [1.54, 1.807) is 29.2 Å². The summed E-state index contributed by atoms with van der Waals surface area (Å²) in [7, 11) is 0. The molecule has 0 saturated heterocycles. The van der Waals surface area contributed by atoms with Crippen LogP contribution in [-0.4, -0.2) is 34.8 Å². The number of carbonyl (C=O) groups is 2. The van der Waals surface area contributed by atoms with E-state index in [-0.39, 0.29) is 11.8 Å². The zero-order valence-electron chi connectivity index (χ0n) is 15.5. The van der Waals surface area contributed by atoms with E-state index in [1.165, 1.54) is 0 Å². The highest BCUT2D eigenvalue weighted by Crippen LogP contribution is 2.27. The molecule has 5 nitrogen and oxygen atoms in total. The molecule has 3 rings (SSSR count). The van der Waals surface area contributed by atoms with E-state index in [2.05, 4.69) is 5.32 Å². The highest BCUT2D eigenvalue weighted by molar-refractivity contribution is 6.33. The molecule has 1 heterocycles. The summed E-state index contributed by atoms with van der Waals surface area (Å²) in [4.78, 5) is 27.7. The van der Waals surface area contributed by atoms with E-state index in [0.717, 1.165) is 11.1 Å². The van der Waals surface area contributed by atoms with Gasteiger partial charge in [0.25, 0.3) is 5.91 Å². The summed E-state index contributed by atoms with van der Waals surface area (Å²) >= 11 is 6.22. The predicted molar refractivity (Wildman–Crippen MR) is 107 cm³/mol. The topological polar surface area (TPSA) is 75.4 Å². The molecule has 2 aromatic carbocycles. The first-order valence-corrected chi connectivity index (χ1v) is 9.33. The predicted octanol–water partition coefficient (Wildman–Crippen LogP) is 2.76. The van der Waals surface area contributed by atoms with Gasteiger partial charge in [0, 0.05) is 25.0 Å². The molecule has 1 unspecified atom stereocenters. The van der Waals surface area contributed by atoms with Crippen molar-refractivity contribution in [1.29, 1.82) is 0 Å². The Morgan fingerprint density at radius 2 is 1.78 bits per heavy atom. The molecule has 1 atom stereocenters. The van der Waals surface area contributed by atoms with Gasteiger partial charge in [-0.15, -0.1) is 0 Å². The lowest BCUT2D eigenvalue weighted by Gasteiger charge is -2.36. The molecule has 142 valence electrons. The Morgan fingerprint density at radius 1 is 1.15 bits per heavy atom. The van der Waals surface area contributed by atoms with Gasteiger partial charge in [0.05, 0.1) is 10.6 Å². The Bertz CT molecular complexity index is 861. The van der Waals surface area contributed by atoms with Gasteiger partial charge in [0.2, 0.25) is 5.91 Å². The van der Waals surface area contributed by atoms with Crippen molar-refractivity contribution in [3.8, 4) is 0 Å². The molecule has 1 aliphatic rings. The maximum absolute atomic E-state index is 13.2. The molecule has 0 aliphatic carbocycles. The summed E-state index contributed by atoms with van der Waals surface area (Å²) in [6.07, 6.45) is 0.462. The largest absolute Gasteiger partial charge is 0.352 e. The summed E-state index contributed by atoms with van der Waals surface area (Å²) < 4.78 is 0. The molecule has 0 aromatic heterocycles. The van der Waals surface area contributed by atoms with Gasteiger partial charge in [0.1, 0.15) is 6.04 Å². The number of benzene rings is 2. The van der Waals surface area contributed by atoms with Crippen molar-refractivity contribution >= 4 is 23.4 Å². The lowest BCUT2D eigenvalue weighted by molar-refractivity contribution is -0.126. The van der Waals surface area contributed by atoms with Crippen LogP contribution in [0.1, 0.15) is 35.3 Å². The van der Waals surface area contributed by atoms with Crippen LogP contribution in [0, 0.1) is 0 Å². The number of fused-ring (bicyclic) bond motifs is 1. The van der Waals surface area contributed by atoms with Crippen molar-refractivity contribution in [1.82, 2.24) is 10.2 Å². The summed E-state index contributed by atoms with van der Waals surface area (Å²) in [5.74, 6) is -0.453. The molecule has 0 saturated carbocycles. The Hall–Kier alpha value is -2.37. The molecule has 6 heteroatoms. The lowest BCUT2D eigenvalue weighted by Crippen LogP contribution is -2.55. The average Bonchev–Trinajstić information content (AvgIpc) is 2.64. The molecule has 0 bridgehead atoms. The number of amides is 2. The number of nitrogens with one attached hydrogen (secondary N) is 1. The molecule has 2 amide bonds. The summed E-state index contributed by atoms with van der Waals surface area (Å²) in [5.41, 5.74) is 7.97. The fourth-order valence-corrected chi connectivity index (χ4v) is 3.41. The highest BCUT2D eigenvalue weighted by Gasteiger charge is 2.35. The average molecular weight is 386 g/mol. The molecule has 1 aliphatic heterocycles. The Labute approximate surface area is 164 Å². The van der Waals surface area contributed by atoms with E-state index < -0.39 is 11.6 Å². The highest BCUT2D eigenvalue weighted by atomic mass is 35.5. The molecule has 0 spiro atoms. The van der Waals surface area contributed by atoms with Crippen molar-refractivity contribution in [3.63, 3.8) is 0 Å². The van der Waals surface area contributed by atoms with Crippen LogP contribution in [0.4, 0.5) is 0 Å². The molecule has 0 fully saturated rings. The van der Waals surface area contributed by atoms with Gasteiger partial charge in [-0.3, -0.25) is 9.59 Å². The zero-order chi connectivity index (χ0) is 19.6. The molecule has 2 aromatic rings. The second kappa shape index (κ2) is 7.71. The fourth-order valence-electron chi connectivity index (χ4n) is 3.19. The van der Waals surface area contributed by atoms with Gasteiger partial charge >= 0.3 is 0 Å². The zero-order valence-corrected chi connectivity index (χ0v) is 16.3. The van der Waals surface area contributed by atoms with E-state index in [0.29, 0.717) is 30.1 Å². The number of rotatable bonds is 4. The van der Waals surface area contributed by atoms with Gasteiger partial charge < -0.3 is 16.0 Å². The number of hydrogen-bond donors (Lipinski definition) is 2. The maximum Gasteiger partial charge on any atom is 0.256 e. The number of halogens is 1. The van der Waals surface area contributed by atoms with E-state index in [4.69, 9.17) is 17.3 Å². The minimum atomic E-state index is -0.606. The number of nitrogens with zero attached hydrogens (tertiary/aromatic N) is 1. The first-order valence-electron chi connectivity index (χ1n) is 8.95. The second-order valence-electron chi connectivity index (χ2n) is 7.61. The standard InChI is InChI=1S/C21H24ClN3O2/c1-21(2,23)13-24-19(26)18-11-14-7-3-4-8-15(14)12-25(18)20(27)16-9-5-6-10-17(16)22/h3-10,18H,11-13,23H2,1-2H3,(H,24,26). The van der Waals surface area contributed by atoms with Crippen LogP contribution < -0.4 is 11.1 Å². The molecular weight excluding hydrogens is 362 g/mol. The molecular formula is C21H24ClN3O2. The summed E-state index contributed by atoms with van der Waals surface area (Å²) in [5, 5.41) is 3.26. The maximum atomic E-state index is 13.2. The second-order valence-corrected chi connectivity index (χ2v) is 8.02.